The maximum Gasteiger partial charge on any atom is 0.178 e. The number of fused-ring (bicyclic) bond motifs is 1. The van der Waals surface area contributed by atoms with Crippen LogP contribution < -0.4 is 0 Å². The third-order valence-electron chi connectivity index (χ3n) is 8.54. The number of nitrogens with zero attached hydrogens (tertiary/aromatic N) is 4. The fourth-order valence-corrected chi connectivity index (χ4v) is 7.01. The average Bonchev–Trinajstić information content (AvgIpc) is 3.20. The first kappa shape index (κ1) is 26.3. The zero-order valence-corrected chi connectivity index (χ0v) is 23.5. The van der Waals surface area contributed by atoms with Crippen molar-refractivity contribution in [2.45, 2.75) is 69.4 Å². The van der Waals surface area contributed by atoms with Gasteiger partial charge in [-0.05, 0) is 114 Å². The Morgan fingerprint density at radius 2 is 1.68 bits per heavy atom. The van der Waals surface area contributed by atoms with Gasteiger partial charge in [0, 0.05) is 31.0 Å². The first-order valence-corrected chi connectivity index (χ1v) is 15.4. The highest BCUT2D eigenvalue weighted by Gasteiger charge is 2.30. The second-order valence-corrected chi connectivity index (χ2v) is 13.3. The number of aromatic nitrogens is 2. The van der Waals surface area contributed by atoms with Crippen LogP contribution in [0.4, 0.5) is 4.39 Å². The van der Waals surface area contributed by atoms with Gasteiger partial charge in [0.2, 0.25) is 0 Å². The van der Waals surface area contributed by atoms with E-state index in [-0.39, 0.29) is 4.90 Å². The van der Waals surface area contributed by atoms with E-state index in [1.165, 1.54) is 43.6 Å². The van der Waals surface area contributed by atoms with Gasteiger partial charge >= 0.3 is 0 Å². The molecule has 0 spiro atoms. The van der Waals surface area contributed by atoms with Crippen molar-refractivity contribution in [1.82, 2.24) is 19.4 Å². The Kier molecular flexibility index (Phi) is 7.20. The molecule has 5 rings (SSSR count). The van der Waals surface area contributed by atoms with Gasteiger partial charge in [-0.1, -0.05) is 6.07 Å². The lowest BCUT2D eigenvalue weighted by Gasteiger charge is -2.43. The molecule has 2 saturated heterocycles. The largest absolute Gasteiger partial charge is 0.327 e. The van der Waals surface area contributed by atoms with Crippen molar-refractivity contribution >= 4 is 20.9 Å². The zero-order valence-electron chi connectivity index (χ0n) is 22.7. The molecule has 2 aliphatic heterocycles. The van der Waals surface area contributed by atoms with Crippen LogP contribution in [-0.4, -0.2) is 72.3 Å². The number of benzene rings is 2. The van der Waals surface area contributed by atoms with Crippen LogP contribution >= 0.6 is 0 Å². The summed E-state index contributed by atoms with van der Waals surface area (Å²) in [6.07, 6.45) is 5.90. The molecule has 200 valence electrons. The van der Waals surface area contributed by atoms with Crippen LogP contribution in [0.5, 0.6) is 0 Å². The molecule has 3 aromatic rings. The summed E-state index contributed by atoms with van der Waals surface area (Å²) in [6, 6.07) is 10.1. The molecule has 6 nitrogen and oxygen atoms in total. The molecule has 37 heavy (non-hydrogen) atoms. The number of hydrogen-bond acceptors (Lipinski definition) is 5. The topological polar surface area (TPSA) is 58.4 Å². The third kappa shape index (κ3) is 5.20. The number of hydrogen-bond donors (Lipinski definition) is 0. The fourth-order valence-electron chi connectivity index (χ4n) is 6.28. The molecule has 0 unspecified atom stereocenters. The van der Waals surface area contributed by atoms with Crippen molar-refractivity contribution in [2.24, 2.45) is 7.05 Å². The summed E-state index contributed by atoms with van der Waals surface area (Å²) >= 11 is 0. The van der Waals surface area contributed by atoms with Gasteiger partial charge in [0.15, 0.2) is 9.84 Å². The van der Waals surface area contributed by atoms with E-state index in [1.807, 2.05) is 11.6 Å². The number of imidazole rings is 1. The van der Waals surface area contributed by atoms with E-state index in [4.69, 9.17) is 4.98 Å². The molecule has 0 amide bonds. The number of likely N-dealkylation sites (tertiary alicyclic amines) is 2. The molecular weight excluding hydrogens is 487 g/mol. The molecule has 2 aliphatic rings. The van der Waals surface area contributed by atoms with E-state index in [1.54, 1.807) is 6.07 Å². The highest BCUT2D eigenvalue weighted by molar-refractivity contribution is 7.90. The minimum absolute atomic E-state index is 0.287. The molecule has 0 bridgehead atoms. The summed E-state index contributed by atoms with van der Waals surface area (Å²) in [4.78, 5) is 9.85. The van der Waals surface area contributed by atoms with E-state index in [0.717, 1.165) is 48.8 Å². The highest BCUT2D eigenvalue weighted by atomic mass is 32.2. The Morgan fingerprint density at radius 3 is 2.27 bits per heavy atom. The van der Waals surface area contributed by atoms with E-state index < -0.39 is 15.7 Å². The van der Waals surface area contributed by atoms with Gasteiger partial charge in [-0.25, -0.2) is 17.8 Å². The van der Waals surface area contributed by atoms with Gasteiger partial charge in [-0.3, -0.25) is 0 Å². The van der Waals surface area contributed by atoms with Crippen molar-refractivity contribution in [3.8, 4) is 11.4 Å². The van der Waals surface area contributed by atoms with Gasteiger partial charge < -0.3 is 14.4 Å². The number of rotatable bonds is 5. The molecule has 0 aliphatic carbocycles. The van der Waals surface area contributed by atoms with Crippen LogP contribution in [0.25, 0.3) is 22.4 Å². The Labute approximate surface area is 220 Å². The minimum Gasteiger partial charge on any atom is -0.327 e. The lowest BCUT2D eigenvalue weighted by Crippen LogP contribution is -2.48. The Hall–Kier alpha value is -2.29. The van der Waals surface area contributed by atoms with Gasteiger partial charge in [0.1, 0.15) is 16.5 Å². The average molecular weight is 527 g/mol. The van der Waals surface area contributed by atoms with Crippen molar-refractivity contribution in [1.29, 1.82) is 0 Å². The summed E-state index contributed by atoms with van der Waals surface area (Å²) in [7, 11) is -1.67. The molecule has 0 N–H and O–H groups in total. The van der Waals surface area contributed by atoms with Gasteiger partial charge in [-0.15, -0.1) is 0 Å². The maximum atomic E-state index is 14.6. The second-order valence-electron chi connectivity index (χ2n) is 11.3. The predicted molar refractivity (Wildman–Crippen MR) is 147 cm³/mol. The van der Waals surface area contributed by atoms with E-state index in [9.17, 15) is 12.8 Å². The molecular formula is C29H39FN4O2S. The third-order valence-corrected chi connectivity index (χ3v) is 9.67. The number of aryl methyl sites for hydroxylation is 2. The molecule has 2 fully saturated rings. The number of sulfone groups is 1. The maximum absolute atomic E-state index is 14.6. The number of halogens is 1. The van der Waals surface area contributed by atoms with Crippen molar-refractivity contribution in [3.63, 3.8) is 0 Å². The quantitative estimate of drug-likeness (QED) is 0.461. The monoisotopic (exact) mass is 526 g/mol. The van der Waals surface area contributed by atoms with Crippen molar-refractivity contribution in [2.75, 3.05) is 32.4 Å². The summed E-state index contributed by atoms with van der Waals surface area (Å²) in [6.45, 7) is 11.4. The van der Waals surface area contributed by atoms with Crippen LogP contribution in [0.2, 0.25) is 0 Å². The Morgan fingerprint density at radius 1 is 1.00 bits per heavy atom. The molecule has 2 aromatic carbocycles. The van der Waals surface area contributed by atoms with Gasteiger partial charge in [-0.2, -0.15) is 0 Å². The minimum atomic E-state index is -3.62. The standard InChI is InChI=1S/C29H39FN4O2S/c1-19(2)33-14-10-24(11-15-33)34-12-8-21(9-13-34)23-16-20(3)28-26(18-23)32(4)29(31-28)22-6-7-27(25(30)17-22)37(5,35)36/h6-7,16-19,21,24H,8-15H2,1-5H3. The molecule has 1 aromatic heterocycles. The summed E-state index contributed by atoms with van der Waals surface area (Å²) in [5.41, 5.74) is 4.98. The summed E-state index contributed by atoms with van der Waals surface area (Å²) < 4.78 is 40.2. The van der Waals surface area contributed by atoms with E-state index in [2.05, 4.69) is 42.7 Å². The van der Waals surface area contributed by atoms with Crippen LogP contribution in [0.3, 0.4) is 0 Å². The van der Waals surface area contributed by atoms with Crippen LogP contribution in [0, 0.1) is 12.7 Å². The zero-order chi connectivity index (χ0) is 26.5. The predicted octanol–water partition coefficient (Wildman–Crippen LogP) is 5.14. The molecule has 0 radical (unpaired) electrons. The van der Waals surface area contributed by atoms with E-state index in [0.29, 0.717) is 29.4 Å². The first-order valence-electron chi connectivity index (χ1n) is 13.5. The lowest BCUT2D eigenvalue weighted by molar-refractivity contribution is 0.0753. The number of piperidine rings is 2. The molecule has 8 heteroatoms. The molecule has 0 saturated carbocycles. The first-order chi connectivity index (χ1) is 17.5. The molecule has 0 atom stereocenters. The van der Waals surface area contributed by atoms with E-state index >= 15 is 0 Å². The second kappa shape index (κ2) is 10.1. The molecule has 3 heterocycles. The van der Waals surface area contributed by atoms with Crippen LogP contribution in [0.1, 0.15) is 56.6 Å². The normalized spacial score (nSPS) is 19.3. The SMILES string of the molecule is Cc1cc(C2CCN(C3CCN(C(C)C)CC3)CC2)cc2c1nc(-c1ccc(S(C)(=O)=O)c(F)c1)n2C. The van der Waals surface area contributed by atoms with Gasteiger partial charge in [0.25, 0.3) is 0 Å². The fraction of sp³-hybridized carbons (Fsp3) is 0.552. The highest BCUT2D eigenvalue weighted by Crippen LogP contribution is 2.35. The van der Waals surface area contributed by atoms with Crippen LogP contribution in [-0.2, 0) is 16.9 Å². The Balaban J connectivity index is 1.34. The Bertz CT molecular complexity index is 1400. The van der Waals surface area contributed by atoms with Crippen molar-refractivity contribution in [3.05, 3.63) is 47.3 Å². The lowest BCUT2D eigenvalue weighted by atomic mass is 9.87. The van der Waals surface area contributed by atoms with Crippen LogP contribution in [0.15, 0.2) is 35.2 Å². The van der Waals surface area contributed by atoms with Crippen molar-refractivity contribution < 1.29 is 12.8 Å². The summed E-state index contributed by atoms with van der Waals surface area (Å²) in [5, 5.41) is 0. The summed E-state index contributed by atoms with van der Waals surface area (Å²) in [5.74, 6) is 0.419. The van der Waals surface area contributed by atoms with Gasteiger partial charge in [0.05, 0.1) is 11.0 Å². The smallest absolute Gasteiger partial charge is 0.178 e.